The van der Waals surface area contributed by atoms with Crippen molar-refractivity contribution < 1.29 is 23.7 Å². The number of nitriles is 1. The summed E-state index contributed by atoms with van der Waals surface area (Å²) in [6.07, 6.45) is 3.06. The lowest BCUT2D eigenvalue weighted by Crippen LogP contribution is -2.39. The zero-order valence-electron chi connectivity index (χ0n) is 24.5. The minimum atomic E-state index is -0.846. The lowest BCUT2D eigenvalue weighted by atomic mass is 9.97. The molecule has 0 radical (unpaired) electrons. The van der Waals surface area contributed by atoms with E-state index < -0.39 is 12.0 Å². The van der Waals surface area contributed by atoms with Gasteiger partial charge in [0, 0.05) is 16.8 Å². The Kier molecular flexibility index (Phi) is 9.93. The molecule has 1 aliphatic heterocycles. The molecule has 0 spiro atoms. The fourth-order valence-electron chi connectivity index (χ4n) is 4.80. The highest BCUT2D eigenvalue weighted by Crippen LogP contribution is 2.36. The van der Waals surface area contributed by atoms with Crippen molar-refractivity contribution in [1.29, 1.82) is 5.26 Å². The summed E-state index contributed by atoms with van der Waals surface area (Å²) in [6, 6.07) is 16.7. The number of carbonyl (C=O) groups is 1. The molecule has 1 aliphatic rings. The number of halogens is 2. The van der Waals surface area contributed by atoms with Crippen LogP contribution in [0.2, 0.25) is 10.0 Å². The van der Waals surface area contributed by atoms with Crippen molar-refractivity contribution in [3.63, 3.8) is 0 Å². The summed E-state index contributed by atoms with van der Waals surface area (Å²) in [6.45, 7) is 4.72. The maximum absolute atomic E-state index is 14.1. The molecule has 0 unspecified atom stereocenters. The molecule has 0 saturated carbocycles. The van der Waals surface area contributed by atoms with Crippen LogP contribution in [0.25, 0.3) is 6.08 Å². The Balaban J connectivity index is 1.61. The van der Waals surface area contributed by atoms with E-state index >= 15 is 0 Å². The van der Waals surface area contributed by atoms with E-state index in [0.717, 1.165) is 16.9 Å². The summed E-state index contributed by atoms with van der Waals surface area (Å²) < 4.78 is 24.4. The molecule has 4 aromatic rings. The summed E-state index contributed by atoms with van der Waals surface area (Å²) in [4.78, 5) is 31.8. The third kappa shape index (κ3) is 6.76. The number of ether oxygens (including phenoxy) is 4. The lowest BCUT2D eigenvalue weighted by Gasteiger charge is -2.23. The Morgan fingerprint density at radius 1 is 1.04 bits per heavy atom. The van der Waals surface area contributed by atoms with Crippen LogP contribution in [0.3, 0.4) is 0 Å². The van der Waals surface area contributed by atoms with E-state index in [1.807, 2.05) is 13.8 Å². The van der Waals surface area contributed by atoms with Gasteiger partial charge >= 0.3 is 5.97 Å². The van der Waals surface area contributed by atoms with Gasteiger partial charge in [-0.3, -0.25) is 9.36 Å². The van der Waals surface area contributed by atoms with E-state index in [1.165, 1.54) is 17.9 Å². The minimum Gasteiger partial charge on any atom is -0.490 e. The van der Waals surface area contributed by atoms with E-state index in [2.05, 4.69) is 11.1 Å². The van der Waals surface area contributed by atoms with Gasteiger partial charge in [0.05, 0.1) is 53.1 Å². The number of aromatic nitrogens is 1. The molecule has 230 valence electrons. The van der Waals surface area contributed by atoms with Crippen molar-refractivity contribution >= 4 is 46.6 Å². The van der Waals surface area contributed by atoms with Gasteiger partial charge in [-0.15, -0.1) is 0 Å². The first kappa shape index (κ1) is 31.9. The summed E-state index contributed by atoms with van der Waals surface area (Å²) in [5, 5.41) is 9.69. The van der Waals surface area contributed by atoms with Crippen LogP contribution in [0, 0.1) is 11.3 Å². The topological polar surface area (TPSA) is 112 Å². The van der Waals surface area contributed by atoms with Gasteiger partial charge in [-0.2, -0.15) is 5.26 Å². The van der Waals surface area contributed by atoms with E-state index in [9.17, 15) is 9.59 Å². The third-order valence-electron chi connectivity index (χ3n) is 6.80. The fraction of sp³-hybridized carbons (Fsp3) is 0.212. The zero-order chi connectivity index (χ0) is 32.1. The van der Waals surface area contributed by atoms with E-state index in [-0.39, 0.29) is 22.8 Å². The minimum absolute atomic E-state index is 0.164. The van der Waals surface area contributed by atoms with Gasteiger partial charge in [0.1, 0.15) is 12.4 Å². The van der Waals surface area contributed by atoms with Crippen LogP contribution >= 0.6 is 34.5 Å². The summed E-state index contributed by atoms with van der Waals surface area (Å²) in [5.74, 6) is 0.740. The molecule has 5 rings (SSSR count). The van der Waals surface area contributed by atoms with Crippen LogP contribution in [0.5, 0.6) is 17.2 Å². The molecule has 45 heavy (non-hydrogen) atoms. The second-order valence-corrected chi connectivity index (χ2v) is 11.5. The summed E-state index contributed by atoms with van der Waals surface area (Å²) in [5.41, 5.74) is 2.24. The fourth-order valence-corrected chi connectivity index (χ4v) is 6.32. The van der Waals surface area contributed by atoms with Gasteiger partial charge in [0.2, 0.25) is 0 Å². The van der Waals surface area contributed by atoms with Gasteiger partial charge < -0.3 is 18.9 Å². The van der Waals surface area contributed by atoms with Crippen LogP contribution in [0.15, 0.2) is 76.2 Å². The molecule has 3 aromatic carbocycles. The van der Waals surface area contributed by atoms with Crippen LogP contribution in [-0.4, -0.2) is 30.9 Å². The SMILES string of the molecule is CCOc1ccc([C@H]2C(C(=O)OC)=CN=c3s/c(=C/c4cc(Cl)cc(Cl)c4OCc4ccc(C#N)cc4)c(=O)n32)cc1OCC. The van der Waals surface area contributed by atoms with Gasteiger partial charge in [-0.05, 0) is 67.4 Å². The predicted molar refractivity (Wildman–Crippen MR) is 172 cm³/mol. The Hall–Kier alpha value is -4.56. The Bertz CT molecular complexity index is 2010. The predicted octanol–water partition coefficient (Wildman–Crippen LogP) is 5.57. The van der Waals surface area contributed by atoms with Crippen molar-refractivity contribution in [3.05, 3.63) is 118 Å². The van der Waals surface area contributed by atoms with Crippen LogP contribution in [0.4, 0.5) is 0 Å². The van der Waals surface area contributed by atoms with Crippen molar-refractivity contribution in [2.75, 3.05) is 20.3 Å². The standard InChI is InChI=1S/C33H27Cl2N3O6S/c1-4-42-26-11-10-21(13-27(26)43-5-2)29-24(32(40)41-3)17-37-33-38(29)31(39)28(45-33)14-22-12-23(34)15-25(35)30(22)44-18-20-8-6-19(16-36)7-9-20/h6-15,17,29H,4-5,18H2,1-3H3/b28-14+/t29-/m0/s1. The molecule has 0 fully saturated rings. The molecule has 0 N–H and O–H groups in total. The van der Waals surface area contributed by atoms with Crippen molar-refractivity contribution in [2.24, 2.45) is 4.99 Å². The number of fused-ring (bicyclic) bond motifs is 1. The number of carbonyl (C=O) groups excluding carboxylic acids is 1. The molecule has 9 nitrogen and oxygen atoms in total. The largest absolute Gasteiger partial charge is 0.490 e. The highest BCUT2D eigenvalue weighted by atomic mass is 35.5. The number of esters is 1. The number of methoxy groups -OCH3 is 1. The number of rotatable bonds is 10. The van der Waals surface area contributed by atoms with Gasteiger partial charge in [-0.25, -0.2) is 9.79 Å². The molecule has 1 atom stereocenters. The maximum Gasteiger partial charge on any atom is 0.337 e. The molecule has 2 heterocycles. The van der Waals surface area contributed by atoms with Crippen LogP contribution in [0.1, 0.15) is 42.1 Å². The zero-order valence-corrected chi connectivity index (χ0v) is 26.8. The number of nitrogens with zero attached hydrogens (tertiary/aromatic N) is 3. The molecule has 0 saturated heterocycles. The van der Waals surface area contributed by atoms with Crippen LogP contribution in [-0.2, 0) is 16.1 Å². The van der Waals surface area contributed by atoms with Gasteiger partial charge in [0.15, 0.2) is 16.3 Å². The number of hydrogen-bond acceptors (Lipinski definition) is 9. The van der Waals surface area contributed by atoms with Crippen molar-refractivity contribution in [3.8, 4) is 23.3 Å². The van der Waals surface area contributed by atoms with Gasteiger partial charge in [-0.1, -0.05) is 52.7 Å². The smallest absolute Gasteiger partial charge is 0.337 e. The van der Waals surface area contributed by atoms with Gasteiger partial charge in [0.25, 0.3) is 5.56 Å². The summed E-state index contributed by atoms with van der Waals surface area (Å²) in [7, 11) is 1.28. The Morgan fingerprint density at radius 3 is 2.47 bits per heavy atom. The average molecular weight is 665 g/mol. The molecule has 0 amide bonds. The second-order valence-electron chi connectivity index (χ2n) is 9.65. The number of thiazole rings is 1. The van der Waals surface area contributed by atoms with Crippen LogP contribution < -0.4 is 29.1 Å². The highest BCUT2D eigenvalue weighted by Gasteiger charge is 2.31. The number of benzene rings is 3. The maximum atomic E-state index is 14.1. The van der Waals surface area contributed by atoms with E-state index in [4.69, 9.17) is 47.4 Å². The molecule has 0 aliphatic carbocycles. The molecular weight excluding hydrogens is 637 g/mol. The summed E-state index contributed by atoms with van der Waals surface area (Å²) >= 11 is 14.1. The third-order valence-corrected chi connectivity index (χ3v) is 8.29. The van der Waals surface area contributed by atoms with E-state index in [1.54, 1.807) is 60.7 Å². The Labute approximate surface area is 272 Å². The second kappa shape index (κ2) is 14.0. The normalized spacial score (nSPS) is 14.1. The molecule has 0 bridgehead atoms. The molecular formula is C33H27Cl2N3O6S. The van der Waals surface area contributed by atoms with Crippen molar-refractivity contribution in [1.82, 2.24) is 4.57 Å². The number of hydrogen-bond donors (Lipinski definition) is 0. The lowest BCUT2D eigenvalue weighted by molar-refractivity contribution is -0.136. The molecule has 12 heteroatoms. The first-order valence-electron chi connectivity index (χ1n) is 13.9. The first-order chi connectivity index (χ1) is 21.8. The first-order valence-corrected chi connectivity index (χ1v) is 15.4. The Morgan fingerprint density at radius 2 is 1.78 bits per heavy atom. The molecule has 1 aromatic heterocycles. The highest BCUT2D eigenvalue weighted by molar-refractivity contribution is 7.07. The average Bonchev–Trinajstić information content (AvgIpc) is 3.35. The van der Waals surface area contributed by atoms with E-state index in [0.29, 0.717) is 61.5 Å². The van der Waals surface area contributed by atoms with Crippen molar-refractivity contribution in [2.45, 2.75) is 26.5 Å². The quantitative estimate of drug-likeness (QED) is 0.204. The monoisotopic (exact) mass is 663 g/mol.